The molecule has 0 spiro atoms. The molecule has 3 heterocycles. The van der Waals surface area contributed by atoms with E-state index >= 15 is 0 Å². The highest BCUT2D eigenvalue weighted by atomic mass is 35.5. The van der Waals surface area contributed by atoms with E-state index in [1.165, 1.54) is 4.68 Å². The largest absolute Gasteiger partial charge is 0.441 e. The number of aryl methyl sites for hydroxylation is 1. The van der Waals surface area contributed by atoms with Crippen molar-refractivity contribution in [3.05, 3.63) is 46.9 Å². The van der Waals surface area contributed by atoms with Gasteiger partial charge in [0.25, 0.3) is 0 Å². The van der Waals surface area contributed by atoms with Crippen LogP contribution < -0.4 is 10.0 Å². The Balaban J connectivity index is 1.57. The lowest BCUT2D eigenvalue weighted by Gasteiger charge is -2.15. The third-order valence-corrected chi connectivity index (χ3v) is 5.89. The highest BCUT2D eigenvalue weighted by molar-refractivity contribution is 7.92. The Kier molecular flexibility index (Phi) is 6.21. The quantitative estimate of drug-likeness (QED) is 0.478. The molecule has 1 aliphatic carbocycles. The zero-order chi connectivity index (χ0) is 23.8. The zero-order valence-electron chi connectivity index (χ0n) is 18.1. The van der Waals surface area contributed by atoms with Crippen molar-refractivity contribution in [2.75, 3.05) is 16.3 Å². The summed E-state index contributed by atoms with van der Waals surface area (Å²) in [5.74, 6) is 0.444. The van der Waals surface area contributed by atoms with Gasteiger partial charge in [-0.1, -0.05) is 22.9 Å². The van der Waals surface area contributed by atoms with Gasteiger partial charge in [0.2, 0.25) is 10.0 Å². The maximum Gasteiger partial charge on any atom is 0.413 e. The summed E-state index contributed by atoms with van der Waals surface area (Å²) in [5.41, 5.74) is 2.42. The molecule has 3 aromatic rings. The Labute approximate surface area is 195 Å². The van der Waals surface area contributed by atoms with Crippen LogP contribution >= 0.6 is 11.6 Å². The van der Waals surface area contributed by atoms with Gasteiger partial charge in [0.15, 0.2) is 11.5 Å². The van der Waals surface area contributed by atoms with Crippen molar-refractivity contribution in [2.45, 2.75) is 31.8 Å². The van der Waals surface area contributed by atoms with Gasteiger partial charge in [-0.15, -0.1) is 5.10 Å². The average molecular weight is 492 g/mol. The minimum atomic E-state index is -3.45. The van der Waals surface area contributed by atoms with Gasteiger partial charge in [0.1, 0.15) is 11.3 Å². The van der Waals surface area contributed by atoms with Gasteiger partial charge in [-0.05, 0) is 38.0 Å². The predicted octanol–water partition coefficient (Wildman–Crippen LogP) is 3.48. The summed E-state index contributed by atoms with van der Waals surface area (Å²) >= 11 is 6.08. The predicted molar refractivity (Wildman–Crippen MR) is 122 cm³/mol. The maximum absolute atomic E-state index is 12.6. The summed E-state index contributed by atoms with van der Waals surface area (Å²) in [6.07, 6.45) is 3.10. The maximum atomic E-state index is 12.6. The highest BCUT2D eigenvalue weighted by Crippen LogP contribution is 2.43. The number of aromatic nitrogens is 5. The molecule has 13 heteroatoms. The molecule has 0 saturated heterocycles. The lowest BCUT2D eigenvalue weighted by molar-refractivity contribution is 0.121. The molecule has 0 radical (unpaired) electrons. The summed E-state index contributed by atoms with van der Waals surface area (Å²) in [4.78, 5) is 21.2. The fraction of sp³-hybridized carbons (Fsp3) is 0.350. The van der Waals surface area contributed by atoms with Crippen molar-refractivity contribution in [1.82, 2.24) is 25.0 Å². The highest BCUT2D eigenvalue weighted by Gasteiger charge is 2.30. The Morgan fingerprint density at radius 2 is 2.06 bits per heavy atom. The van der Waals surface area contributed by atoms with Crippen LogP contribution in [0.1, 0.15) is 43.0 Å². The Morgan fingerprint density at radius 1 is 1.30 bits per heavy atom. The minimum Gasteiger partial charge on any atom is -0.441 e. The van der Waals surface area contributed by atoms with Gasteiger partial charge < -0.3 is 4.74 Å². The molecule has 0 bridgehead atoms. The standard InChI is InChI=1S/C20H22ClN7O4S/c1-11(13-5-4-10-22-18(13)21)32-20(29)24-19-17(25-27-28(19)2)14-8-9-15(26-33(3,30)31)16(23-14)12-6-7-12/h4-5,8-12,26H,6-7H2,1-3H3,(H,24,29)/t11-/m1/s1. The normalized spacial score (nSPS) is 14.5. The van der Waals surface area contributed by atoms with Crippen LogP contribution in [0.2, 0.25) is 5.15 Å². The number of amides is 1. The first-order chi connectivity index (χ1) is 15.6. The molecule has 2 N–H and O–H groups in total. The smallest absolute Gasteiger partial charge is 0.413 e. The molecule has 1 fully saturated rings. The third-order valence-electron chi connectivity index (χ3n) is 4.98. The lowest BCUT2D eigenvalue weighted by atomic mass is 10.1. The second-order valence-electron chi connectivity index (χ2n) is 7.74. The van der Waals surface area contributed by atoms with Crippen LogP contribution in [0.4, 0.5) is 16.3 Å². The SMILES string of the molecule is C[C@@H](OC(=O)Nc1c(-c2ccc(NS(C)(=O)=O)c(C3CC3)n2)nnn1C)c1cccnc1Cl. The van der Waals surface area contributed by atoms with Crippen LogP contribution in [0, 0.1) is 0 Å². The first kappa shape index (κ1) is 22.9. The number of hydrogen-bond acceptors (Lipinski definition) is 8. The van der Waals surface area contributed by atoms with Gasteiger partial charge >= 0.3 is 6.09 Å². The van der Waals surface area contributed by atoms with Crippen molar-refractivity contribution < 1.29 is 17.9 Å². The number of anilines is 2. The molecule has 1 aliphatic rings. The second-order valence-corrected chi connectivity index (χ2v) is 9.85. The minimum absolute atomic E-state index is 0.164. The van der Waals surface area contributed by atoms with Crippen molar-refractivity contribution in [1.29, 1.82) is 0 Å². The fourth-order valence-corrected chi connectivity index (χ4v) is 4.13. The molecule has 0 aromatic carbocycles. The first-order valence-electron chi connectivity index (χ1n) is 10.1. The van der Waals surface area contributed by atoms with Crippen LogP contribution in [0.15, 0.2) is 30.5 Å². The molecular formula is C20H22ClN7O4S. The number of ether oxygens (including phenoxy) is 1. The molecule has 1 atom stereocenters. The van der Waals surface area contributed by atoms with Crippen molar-refractivity contribution >= 4 is 39.2 Å². The van der Waals surface area contributed by atoms with E-state index in [0.29, 0.717) is 28.3 Å². The Hall–Kier alpha value is -3.25. The summed E-state index contributed by atoms with van der Waals surface area (Å²) in [6, 6.07) is 6.69. The van der Waals surface area contributed by atoms with Gasteiger partial charge in [-0.3, -0.25) is 10.0 Å². The number of carbonyl (C=O) groups excluding carboxylic acids is 1. The molecule has 3 aromatic heterocycles. The molecule has 1 amide bonds. The van der Waals surface area contributed by atoms with Crippen LogP contribution in [-0.2, 0) is 21.8 Å². The van der Waals surface area contributed by atoms with E-state index in [1.54, 1.807) is 44.4 Å². The van der Waals surface area contributed by atoms with Gasteiger partial charge in [-0.25, -0.2) is 27.9 Å². The van der Waals surface area contributed by atoms with Crippen molar-refractivity contribution in [3.8, 4) is 11.4 Å². The Bertz CT molecular complexity index is 1310. The van der Waals surface area contributed by atoms with Crippen molar-refractivity contribution in [2.24, 2.45) is 7.05 Å². The molecule has 11 nitrogen and oxygen atoms in total. The number of hydrogen-bond donors (Lipinski definition) is 2. The van der Waals surface area contributed by atoms with Crippen LogP contribution in [0.3, 0.4) is 0 Å². The van der Waals surface area contributed by atoms with E-state index in [2.05, 4.69) is 30.3 Å². The number of sulfonamides is 1. The molecule has 1 saturated carbocycles. The number of nitrogens with zero attached hydrogens (tertiary/aromatic N) is 5. The summed E-state index contributed by atoms with van der Waals surface area (Å²) < 4.78 is 32.7. The van der Waals surface area contributed by atoms with Gasteiger partial charge in [-0.2, -0.15) is 0 Å². The summed E-state index contributed by atoms with van der Waals surface area (Å²) in [6.45, 7) is 1.68. The second kappa shape index (κ2) is 8.94. The number of pyridine rings is 2. The van der Waals surface area contributed by atoms with Crippen molar-refractivity contribution in [3.63, 3.8) is 0 Å². The van der Waals surface area contributed by atoms with E-state index in [0.717, 1.165) is 19.1 Å². The molecule has 4 rings (SSSR count). The number of carbonyl (C=O) groups is 1. The van der Waals surface area contributed by atoms with Crippen LogP contribution in [-0.4, -0.2) is 45.7 Å². The first-order valence-corrected chi connectivity index (χ1v) is 12.4. The topological polar surface area (TPSA) is 141 Å². The number of rotatable bonds is 7. The zero-order valence-corrected chi connectivity index (χ0v) is 19.7. The third kappa shape index (κ3) is 5.40. The number of halogens is 1. The number of nitrogens with one attached hydrogen (secondary N) is 2. The summed E-state index contributed by atoms with van der Waals surface area (Å²) in [5, 5.41) is 11.0. The molecule has 0 unspecified atom stereocenters. The van der Waals surface area contributed by atoms with E-state index in [4.69, 9.17) is 16.3 Å². The molecule has 174 valence electrons. The van der Waals surface area contributed by atoms with Crippen LogP contribution in [0.5, 0.6) is 0 Å². The van der Waals surface area contributed by atoms with Crippen LogP contribution in [0.25, 0.3) is 11.4 Å². The average Bonchev–Trinajstić information content (AvgIpc) is 3.52. The van der Waals surface area contributed by atoms with Gasteiger partial charge in [0, 0.05) is 24.7 Å². The summed E-state index contributed by atoms with van der Waals surface area (Å²) in [7, 11) is -1.83. The Morgan fingerprint density at radius 3 is 2.73 bits per heavy atom. The van der Waals surface area contributed by atoms with E-state index in [1.807, 2.05) is 0 Å². The molecule has 33 heavy (non-hydrogen) atoms. The monoisotopic (exact) mass is 491 g/mol. The molecule has 0 aliphatic heterocycles. The van der Waals surface area contributed by atoms with E-state index in [9.17, 15) is 13.2 Å². The fourth-order valence-electron chi connectivity index (χ4n) is 3.28. The lowest BCUT2D eigenvalue weighted by Crippen LogP contribution is -2.18. The van der Waals surface area contributed by atoms with E-state index in [-0.39, 0.29) is 16.9 Å². The van der Waals surface area contributed by atoms with Gasteiger partial charge in [0.05, 0.1) is 23.3 Å². The molecular weight excluding hydrogens is 470 g/mol. The van der Waals surface area contributed by atoms with E-state index < -0.39 is 22.2 Å².